The Kier molecular flexibility index (Phi) is 6.33. The summed E-state index contributed by atoms with van der Waals surface area (Å²) < 4.78 is 5.80. The number of nitrogens with zero attached hydrogens (tertiary/aromatic N) is 1. The number of hydrogen-bond acceptors (Lipinski definition) is 4. The number of carboxylic acid groups (broad SMARTS) is 1. The van der Waals surface area contributed by atoms with Crippen LogP contribution < -0.4 is 0 Å². The van der Waals surface area contributed by atoms with Gasteiger partial charge in [0.05, 0.1) is 0 Å². The molecule has 34 heavy (non-hydrogen) atoms. The van der Waals surface area contributed by atoms with Crippen molar-refractivity contribution in [3.05, 3.63) is 89.5 Å². The first-order valence-electron chi connectivity index (χ1n) is 11.3. The lowest BCUT2D eigenvalue weighted by molar-refractivity contribution is -0.144. The number of phenolic OH excluding ortho intramolecular Hbond substituents is 1. The van der Waals surface area contributed by atoms with Crippen LogP contribution in [0.3, 0.4) is 0 Å². The van der Waals surface area contributed by atoms with Crippen LogP contribution >= 0.6 is 0 Å². The van der Waals surface area contributed by atoms with E-state index in [2.05, 4.69) is 12.1 Å². The van der Waals surface area contributed by atoms with Gasteiger partial charge in [-0.15, -0.1) is 0 Å². The third kappa shape index (κ3) is 4.62. The second-order valence-electron chi connectivity index (χ2n) is 9.57. The second kappa shape index (κ2) is 9.21. The lowest BCUT2D eigenvalue weighted by Crippen LogP contribution is -2.55. The topological polar surface area (TPSA) is 87.1 Å². The number of rotatable bonds is 6. The third-order valence-corrected chi connectivity index (χ3v) is 6.22. The molecule has 0 aromatic heterocycles. The first-order valence-corrected chi connectivity index (χ1v) is 11.3. The van der Waals surface area contributed by atoms with Crippen molar-refractivity contribution in [2.45, 2.75) is 44.7 Å². The molecule has 6 heteroatoms. The van der Waals surface area contributed by atoms with Crippen LogP contribution in [0.4, 0.5) is 4.79 Å². The van der Waals surface area contributed by atoms with E-state index in [0.29, 0.717) is 5.56 Å². The SMILES string of the molecule is CC(C)(C)N(C(=O)OCC1c2ccccc2-c2ccccc21)[C@@H](Cc1ccc(O)cc1)C(=O)O. The van der Waals surface area contributed by atoms with Gasteiger partial charge in [-0.3, -0.25) is 4.90 Å². The Balaban J connectivity index is 1.58. The number of ether oxygens (including phenoxy) is 1. The summed E-state index contributed by atoms with van der Waals surface area (Å²) in [5.74, 6) is -1.13. The highest BCUT2D eigenvalue weighted by Crippen LogP contribution is 2.44. The van der Waals surface area contributed by atoms with E-state index >= 15 is 0 Å². The van der Waals surface area contributed by atoms with Crippen molar-refractivity contribution in [1.29, 1.82) is 0 Å². The molecule has 3 aromatic rings. The van der Waals surface area contributed by atoms with E-state index in [-0.39, 0.29) is 24.7 Å². The van der Waals surface area contributed by atoms with Gasteiger partial charge in [-0.2, -0.15) is 0 Å². The van der Waals surface area contributed by atoms with E-state index in [1.54, 1.807) is 32.9 Å². The maximum absolute atomic E-state index is 13.4. The molecule has 0 radical (unpaired) electrons. The minimum atomic E-state index is -1.12. The van der Waals surface area contributed by atoms with Crippen molar-refractivity contribution in [2.24, 2.45) is 0 Å². The van der Waals surface area contributed by atoms with Crippen LogP contribution in [0.15, 0.2) is 72.8 Å². The van der Waals surface area contributed by atoms with Gasteiger partial charge in [0, 0.05) is 17.9 Å². The molecular formula is C28H29NO5. The number of carbonyl (C=O) groups is 2. The number of benzene rings is 3. The van der Waals surface area contributed by atoms with Gasteiger partial charge in [0.25, 0.3) is 0 Å². The molecule has 0 aliphatic heterocycles. The smallest absolute Gasteiger partial charge is 0.410 e. The fraction of sp³-hybridized carbons (Fsp3) is 0.286. The maximum Gasteiger partial charge on any atom is 0.410 e. The number of aromatic hydroxyl groups is 1. The predicted octanol–water partition coefficient (Wildman–Crippen LogP) is 5.44. The van der Waals surface area contributed by atoms with Gasteiger partial charge in [-0.05, 0) is 60.7 Å². The van der Waals surface area contributed by atoms with Gasteiger partial charge in [0.1, 0.15) is 18.4 Å². The average molecular weight is 460 g/mol. The first kappa shape index (κ1) is 23.4. The van der Waals surface area contributed by atoms with Crippen molar-refractivity contribution >= 4 is 12.1 Å². The van der Waals surface area contributed by atoms with Crippen molar-refractivity contribution in [1.82, 2.24) is 4.90 Å². The van der Waals surface area contributed by atoms with Gasteiger partial charge >= 0.3 is 12.1 Å². The first-order chi connectivity index (χ1) is 16.2. The molecule has 0 unspecified atom stereocenters. The number of fused-ring (bicyclic) bond motifs is 3. The van der Waals surface area contributed by atoms with E-state index in [0.717, 1.165) is 22.3 Å². The van der Waals surface area contributed by atoms with Crippen molar-refractivity contribution in [3.8, 4) is 16.9 Å². The standard InChI is InChI=1S/C28H29NO5/c1-28(2,3)29(25(26(31)32)16-18-12-14-19(30)15-13-18)27(33)34-17-24-22-10-6-4-8-20(22)21-9-5-7-11-23(21)24/h4-15,24-25,30H,16-17H2,1-3H3,(H,31,32)/t25-/m0/s1. The molecule has 1 amide bonds. The van der Waals surface area contributed by atoms with Crippen LogP contribution in [-0.2, 0) is 16.0 Å². The van der Waals surface area contributed by atoms with Crippen molar-refractivity contribution < 1.29 is 24.5 Å². The quantitative estimate of drug-likeness (QED) is 0.513. The summed E-state index contributed by atoms with van der Waals surface area (Å²) in [5, 5.41) is 19.6. The van der Waals surface area contributed by atoms with E-state index in [9.17, 15) is 19.8 Å². The molecule has 4 rings (SSSR count). The Morgan fingerprint density at radius 1 is 0.912 bits per heavy atom. The zero-order chi connectivity index (χ0) is 24.5. The summed E-state index contributed by atoms with van der Waals surface area (Å²) in [6, 6.07) is 21.3. The molecule has 176 valence electrons. The molecular weight excluding hydrogens is 430 g/mol. The molecule has 3 aromatic carbocycles. The van der Waals surface area contributed by atoms with Crippen LogP contribution in [-0.4, -0.2) is 45.4 Å². The summed E-state index contributed by atoms with van der Waals surface area (Å²) >= 11 is 0. The lowest BCUT2D eigenvalue weighted by Gasteiger charge is -2.39. The van der Waals surface area contributed by atoms with Crippen molar-refractivity contribution in [2.75, 3.05) is 6.61 Å². The fourth-order valence-electron chi connectivity index (χ4n) is 4.68. The van der Waals surface area contributed by atoms with Crippen LogP contribution in [0.1, 0.15) is 43.4 Å². The van der Waals surface area contributed by atoms with E-state index in [1.807, 2.05) is 36.4 Å². The van der Waals surface area contributed by atoms with Crippen LogP contribution in [0.2, 0.25) is 0 Å². The average Bonchev–Trinajstić information content (AvgIpc) is 3.11. The molecule has 0 bridgehead atoms. The highest BCUT2D eigenvalue weighted by Gasteiger charge is 2.39. The minimum absolute atomic E-state index is 0.0943. The molecule has 2 N–H and O–H groups in total. The molecule has 0 saturated heterocycles. The Morgan fingerprint density at radius 2 is 1.44 bits per heavy atom. The molecule has 1 aliphatic carbocycles. The van der Waals surface area contributed by atoms with E-state index in [1.165, 1.54) is 17.0 Å². The molecule has 0 fully saturated rings. The van der Waals surface area contributed by atoms with E-state index < -0.39 is 23.6 Å². The fourth-order valence-corrected chi connectivity index (χ4v) is 4.68. The Bertz CT molecular complexity index is 1150. The highest BCUT2D eigenvalue weighted by atomic mass is 16.6. The number of carbonyl (C=O) groups excluding carboxylic acids is 1. The summed E-state index contributed by atoms with van der Waals surface area (Å²) in [7, 11) is 0. The number of amides is 1. The normalized spacial score (nSPS) is 13.6. The number of phenols is 1. The number of hydrogen-bond donors (Lipinski definition) is 2. The summed E-state index contributed by atoms with van der Waals surface area (Å²) in [6.07, 6.45) is -0.572. The van der Waals surface area contributed by atoms with Crippen molar-refractivity contribution in [3.63, 3.8) is 0 Å². The molecule has 0 spiro atoms. The molecule has 0 heterocycles. The zero-order valence-electron chi connectivity index (χ0n) is 19.6. The molecule has 1 atom stereocenters. The van der Waals surface area contributed by atoms with Gasteiger partial charge in [-0.25, -0.2) is 9.59 Å². The third-order valence-electron chi connectivity index (χ3n) is 6.22. The monoisotopic (exact) mass is 459 g/mol. The predicted molar refractivity (Wildman–Crippen MR) is 130 cm³/mol. The summed E-state index contributed by atoms with van der Waals surface area (Å²) in [5.41, 5.74) is 4.36. The van der Waals surface area contributed by atoms with Crippen LogP contribution in [0.5, 0.6) is 5.75 Å². The Labute approximate surface area is 199 Å². The minimum Gasteiger partial charge on any atom is -0.508 e. The summed E-state index contributed by atoms with van der Waals surface area (Å²) in [6.45, 7) is 5.49. The van der Waals surface area contributed by atoms with Crippen LogP contribution in [0.25, 0.3) is 11.1 Å². The Morgan fingerprint density at radius 3 is 1.94 bits per heavy atom. The highest BCUT2D eigenvalue weighted by molar-refractivity contribution is 5.82. The molecule has 6 nitrogen and oxygen atoms in total. The Hall–Kier alpha value is -3.80. The van der Waals surface area contributed by atoms with Gasteiger partial charge in [0.15, 0.2) is 0 Å². The molecule has 1 aliphatic rings. The van der Waals surface area contributed by atoms with Gasteiger partial charge in [-0.1, -0.05) is 60.7 Å². The zero-order valence-corrected chi connectivity index (χ0v) is 19.6. The lowest BCUT2D eigenvalue weighted by atomic mass is 9.97. The van der Waals surface area contributed by atoms with Gasteiger partial charge < -0.3 is 14.9 Å². The number of aliphatic carboxylic acids is 1. The van der Waals surface area contributed by atoms with E-state index in [4.69, 9.17) is 4.74 Å². The van der Waals surface area contributed by atoms with Crippen LogP contribution in [0, 0.1) is 0 Å². The summed E-state index contributed by atoms with van der Waals surface area (Å²) in [4.78, 5) is 26.9. The maximum atomic E-state index is 13.4. The molecule has 0 saturated carbocycles. The second-order valence-corrected chi connectivity index (χ2v) is 9.57. The largest absolute Gasteiger partial charge is 0.508 e. The number of carboxylic acids is 1. The van der Waals surface area contributed by atoms with Gasteiger partial charge in [0.2, 0.25) is 0 Å².